The van der Waals surface area contributed by atoms with Crippen molar-refractivity contribution in [1.29, 1.82) is 10.5 Å². The molecule has 0 aliphatic heterocycles. The first-order valence-electron chi connectivity index (χ1n) is 30.8. The standard InChI is InChI=1S/C82H70N8/c1-79(2,3)58-29-35-70-66(44-58)67-45-59(80(4,5)6)30-36-71(67)89(70)74-42-55(27-33-64(74)51-21-16-19-50(39-51)48-83)77-86-76(54-24-17-22-52(40-54)63-26-15-14-20-57(63)49-84)87-78(88-77)56-28-34-65(53-23-18-25-62(41-53)85-13)75(43-56)90-72-37-31-60(81(7,8)9)46-68(72)69-47-61(82(10,11)12)32-38-73(69)90/h14-47H,1-12H3. The molecule has 438 valence electrons. The van der Waals surface area contributed by atoms with Crippen LogP contribution in [0.25, 0.3) is 127 Å². The number of fused-ring (bicyclic) bond motifs is 6. The van der Waals surface area contributed by atoms with Gasteiger partial charge in [0.15, 0.2) is 23.2 Å². The van der Waals surface area contributed by atoms with Gasteiger partial charge < -0.3 is 9.13 Å². The van der Waals surface area contributed by atoms with Crippen molar-refractivity contribution in [3.63, 3.8) is 0 Å². The third-order valence-corrected chi connectivity index (χ3v) is 17.7. The van der Waals surface area contributed by atoms with Crippen molar-refractivity contribution in [2.75, 3.05) is 0 Å². The van der Waals surface area contributed by atoms with Crippen LogP contribution in [-0.4, -0.2) is 24.1 Å². The van der Waals surface area contributed by atoms with Crippen LogP contribution in [0.5, 0.6) is 0 Å². The number of hydrogen-bond acceptors (Lipinski definition) is 5. The molecule has 0 atom stereocenters. The van der Waals surface area contributed by atoms with Gasteiger partial charge in [0.25, 0.3) is 0 Å². The van der Waals surface area contributed by atoms with Crippen molar-refractivity contribution < 1.29 is 0 Å². The van der Waals surface area contributed by atoms with Crippen molar-refractivity contribution in [3.8, 4) is 91.1 Å². The molecule has 3 heterocycles. The van der Waals surface area contributed by atoms with Crippen LogP contribution in [0.4, 0.5) is 5.69 Å². The van der Waals surface area contributed by atoms with E-state index in [1.54, 1.807) is 0 Å². The second-order valence-electron chi connectivity index (χ2n) is 28.0. The number of aromatic nitrogens is 5. The summed E-state index contributed by atoms with van der Waals surface area (Å²) in [5.41, 5.74) is 19.9. The molecule has 3 aromatic heterocycles. The van der Waals surface area contributed by atoms with E-state index in [-0.39, 0.29) is 21.7 Å². The van der Waals surface area contributed by atoms with Crippen molar-refractivity contribution in [3.05, 3.63) is 251 Å². The molecule has 10 aromatic carbocycles. The van der Waals surface area contributed by atoms with Crippen molar-refractivity contribution in [1.82, 2.24) is 24.1 Å². The normalized spacial score (nSPS) is 12.2. The highest BCUT2D eigenvalue weighted by atomic mass is 15.0. The highest BCUT2D eigenvalue weighted by molar-refractivity contribution is 6.12. The van der Waals surface area contributed by atoms with Crippen LogP contribution >= 0.6 is 0 Å². The van der Waals surface area contributed by atoms with Gasteiger partial charge in [0.2, 0.25) is 0 Å². The highest BCUT2D eigenvalue weighted by Crippen LogP contribution is 2.45. The number of rotatable bonds is 8. The van der Waals surface area contributed by atoms with Crippen LogP contribution in [0.2, 0.25) is 0 Å². The van der Waals surface area contributed by atoms with Crippen LogP contribution in [-0.2, 0) is 21.7 Å². The molecule has 0 aliphatic carbocycles. The first-order chi connectivity index (χ1) is 43.0. The Morgan fingerprint density at radius 2 is 0.722 bits per heavy atom. The zero-order chi connectivity index (χ0) is 63.2. The molecule has 0 radical (unpaired) electrons. The molecule has 13 rings (SSSR count). The molecular formula is C82H70N8. The van der Waals surface area contributed by atoms with E-state index in [2.05, 4.69) is 237 Å². The second-order valence-corrected chi connectivity index (χ2v) is 28.0. The van der Waals surface area contributed by atoms with Crippen LogP contribution < -0.4 is 0 Å². The van der Waals surface area contributed by atoms with Gasteiger partial charge in [-0.3, -0.25) is 0 Å². The van der Waals surface area contributed by atoms with Crippen LogP contribution in [0.15, 0.2) is 206 Å². The number of hydrogen-bond donors (Lipinski definition) is 0. The molecule has 0 amide bonds. The fourth-order valence-corrected chi connectivity index (χ4v) is 12.6. The summed E-state index contributed by atoms with van der Waals surface area (Å²) in [6, 6.07) is 76.5. The average molecular weight is 1170 g/mol. The second kappa shape index (κ2) is 21.8. The third kappa shape index (κ3) is 10.6. The van der Waals surface area contributed by atoms with Gasteiger partial charge in [-0.2, -0.15) is 10.5 Å². The lowest BCUT2D eigenvalue weighted by Gasteiger charge is -2.20. The van der Waals surface area contributed by atoms with E-state index in [1.807, 2.05) is 78.9 Å². The predicted molar refractivity (Wildman–Crippen MR) is 372 cm³/mol. The van der Waals surface area contributed by atoms with Gasteiger partial charge in [-0.15, -0.1) is 0 Å². The summed E-state index contributed by atoms with van der Waals surface area (Å²) in [7, 11) is 0. The molecule has 0 saturated carbocycles. The Hall–Kier alpha value is -10.7. The minimum Gasteiger partial charge on any atom is -0.309 e. The minimum absolute atomic E-state index is 0.0957. The zero-order valence-corrected chi connectivity index (χ0v) is 53.2. The van der Waals surface area contributed by atoms with Crippen LogP contribution in [0, 0.1) is 29.2 Å². The molecule has 0 N–H and O–H groups in total. The van der Waals surface area contributed by atoms with Gasteiger partial charge >= 0.3 is 0 Å². The maximum absolute atomic E-state index is 10.3. The van der Waals surface area contributed by atoms with Gasteiger partial charge in [-0.05, 0) is 157 Å². The molecular weight excluding hydrogens is 1100 g/mol. The smallest absolute Gasteiger partial charge is 0.187 e. The van der Waals surface area contributed by atoms with Crippen LogP contribution in [0.1, 0.15) is 116 Å². The SMILES string of the molecule is [C-]#[N+]c1cccc(-c2ccc(-c3nc(-c4cccc(-c5ccccc5C#N)c4)nc(-c4ccc(-c5cccc(C#N)c5)c(-n5c6ccc(C(C)(C)C)cc6c6cc(C(C)(C)C)ccc65)c4)n3)cc2-n2c3ccc(C(C)(C)C)cc3c3cc(C(C)(C)C)ccc32)c1. The van der Waals surface area contributed by atoms with E-state index in [0.717, 1.165) is 105 Å². The molecule has 0 spiro atoms. The number of nitrogens with zero attached hydrogens (tertiary/aromatic N) is 8. The lowest BCUT2D eigenvalue weighted by Crippen LogP contribution is -2.10. The Morgan fingerprint density at radius 3 is 1.13 bits per heavy atom. The number of benzene rings is 10. The highest BCUT2D eigenvalue weighted by Gasteiger charge is 2.27. The van der Waals surface area contributed by atoms with E-state index in [4.69, 9.17) is 21.5 Å². The average Bonchev–Trinajstić information content (AvgIpc) is 1.58. The van der Waals surface area contributed by atoms with Crippen molar-refractivity contribution in [2.24, 2.45) is 0 Å². The lowest BCUT2D eigenvalue weighted by molar-refractivity contribution is 0.590. The largest absolute Gasteiger partial charge is 0.309 e. The topological polar surface area (TPSA) is 100 Å². The van der Waals surface area contributed by atoms with Gasteiger partial charge in [-0.1, -0.05) is 198 Å². The van der Waals surface area contributed by atoms with E-state index < -0.39 is 0 Å². The van der Waals surface area contributed by atoms with E-state index in [9.17, 15) is 10.5 Å². The lowest BCUT2D eigenvalue weighted by atomic mass is 9.85. The van der Waals surface area contributed by atoms with Gasteiger partial charge in [0, 0.05) is 49.4 Å². The molecule has 0 bridgehead atoms. The summed E-state index contributed by atoms with van der Waals surface area (Å²) >= 11 is 0. The molecule has 90 heavy (non-hydrogen) atoms. The molecule has 13 aromatic rings. The minimum atomic E-state index is -0.0971. The summed E-state index contributed by atoms with van der Waals surface area (Å²) in [6.07, 6.45) is 0. The van der Waals surface area contributed by atoms with Crippen molar-refractivity contribution >= 4 is 49.3 Å². The first-order valence-corrected chi connectivity index (χ1v) is 30.8. The maximum atomic E-state index is 10.3. The van der Waals surface area contributed by atoms with Gasteiger partial charge in [-0.25, -0.2) is 19.8 Å². The summed E-state index contributed by atoms with van der Waals surface area (Å²) < 4.78 is 4.74. The fourth-order valence-electron chi connectivity index (χ4n) is 12.6. The molecule has 0 unspecified atom stereocenters. The Bertz CT molecular complexity index is 4800. The Kier molecular flexibility index (Phi) is 14.2. The Labute approximate surface area is 527 Å². The van der Waals surface area contributed by atoms with E-state index in [1.165, 1.54) is 22.3 Å². The molecule has 8 nitrogen and oxygen atoms in total. The van der Waals surface area contributed by atoms with E-state index >= 15 is 0 Å². The molecule has 0 aliphatic rings. The first kappa shape index (κ1) is 58.3. The fraction of sp³-hybridized carbons (Fsp3) is 0.195. The summed E-state index contributed by atoms with van der Waals surface area (Å²) in [4.78, 5) is 20.3. The quantitative estimate of drug-likeness (QED) is 0.141. The Morgan fingerprint density at radius 1 is 0.344 bits per heavy atom. The van der Waals surface area contributed by atoms with E-state index in [0.29, 0.717) is 34.3 Å². The van der Waals surface area contributed by atoms with Gasteiger partial charge in [0.1, 0.15) is 0 Å². The monoisotopic (exact) mass is 1170 g/mol. The summed E-state index contributed by atoms with van der Waals surface area (Å²) in [6.45, 7) is 35.2. The van der Waals surface area contributed by atoms with Crippen LogP contribution in [0.3, 0.4) is 0 Å². The number of nitriles is 2. The summed E-state index contributed by atoms with van der Waals surface area (Å²) in [5, 5.41) is 25.2. The maximum Gasteiger partial charge on any atom is 0.187 e. The Balaban J connectivity index is 1.10. The third-order valence-electron chi connectivity index (χ3n) is 17.7. The predicted octanol–water partition coefficient (Wildman–Crippen LogP) is 21.6. The molecule has 0 saturated heterocycles. The zero-order valence-electron chi connectivity index (χ0n) is 53.2. The molecule has 0 fully saturated rings. The van der Waals surface area contributed by atoms with Crippen molar-refractivity contribution in [2.45, 2.75) is 105 Å². The summed E-state index contributed by atoms with van der Waals surface area (Å²) in [5.74, 6) is 1.37. The molecule has 8 heteroatoms. The van der Waals surface area contributed by atoms with Gasteiger partial charge in [0.05, 0.1) is 63.3 Å².